The number of nitrogens with one attached hydrogen (secondary N) is 1. The van der Waals surface area contributed by atoms with Crippen LogP contribution in [0.3, 0.4) is 0 Å². The number of nitrogens with two attached hydrogens (primary N) is 1. The minimum Gasteiger partial charge on any atom is -0.393 e. The fourth-order valence-electron chi connectivity index (χ4n) is 2.64. The Labute approximate surface area is 102 Å². The molecule has 4 N–H and O–H groups in total. The van der Waals surface area contributed by atoms with Crippen molar-refractivity contribution in [3.05, 3.63) is 17.5 Å². The normalized spacial score (nSPS) is 29.5. The lowest BCUT2D eigenvalue weighted by atomic mass is 9.68. The molecular weight excluding hydrogens is 247 g/mol. The fourth-order valence-corrected chi connectivity index (χ4v) is 2.64. The SMILES string of the molecule is NCC1(c2cn[nH]c2C(F)(F)F)CCC(O)CC1. The van der Waals surface area contributed by atoms with E-state index in [-0.39, 0.29) is 12.1 Å². The van der Waals surface area contributed by atoms with E-state index < -0.39 is 23.4 Å². The molecule has 0 atom stereocenters. The van der Waals surface area contributed by atoms with Crippen LogP contribution in [0, 0.1) is 0 Å². The molecule has 1 fully saturated rings. The Morgan fingerprint density at radius 2 is 2.06 bits per heavy atom. The van der Waals surface area contributed by atoms with E-state index in [1.807, 2.05) is 5.10 Å². The van der Waals surface area contributed by atoms with Crippen LogP contribution in [0.15, 0.2) is 6.20 Å². The van der Waals surface area contributed by atoms with Gasteiger partial charge in [0.15, 0.2) is 0 Å². The molecule has 0 spiro atoms. The number of hydrogen-bond acceptors (Lipinski definition) is 3. The Morgan fingerprint density at radius 1 is 1.44 bits per heavy atom. The molecule has 7 heteroatoms. The molecule has 18 heavy (non-hydrogen) atoms. The topological polar surface area (TPSA) is 74.9 Å². The van der Waals surface area contributed by atoms with E-state index in [0.717, 1.165) is 0 Å². The van der Waals surface area contributed by atoms with Crippen molar-refractivity contribution in [1.82, 2.24) is 10.2 Å². The molecule has 2 rings (SSSR count). The molecule has 1 aliphatic rings. The Hall–Kier alpha value is -1.08. The average molecular weight is 263 g/mol. The minimum absolute atomic E-state index is 0.127. The van der Waals surface area contributed by atoms with Crippen molar-refractivity contribution in [3.63, 3.8) is 0 Å². The zero-order valence-electron chi connectivity index (χ0n) is 9.80. The Kier molecular flexibility index (Phi) is 3.37. The highest BCUT2D eigenvalue weighted by Gasteiger charge is 2.44. The quantitative estimate of drug-likeness (QED) is 0.758. The first-order chi connectivity index (χ1) is 8.39. The van der Waals surface area contributed by atoms with E-state index in [9.17, 15) is 18.3 Å². The van der Waals surface area contributed by atoms with Crippen LogP contribution in [0.25, 0.3) is 0 Å². The predicted octanol–water partition coefficient (Wildman–Crippen LogP) is 1.56. The number of aromatic nitrogens is 2. The third-order valence-corrected chi connectivity index (χ3v) is 3.80. The molecule has 1 aromatic heterocycles. The summed E-state index contributed by atoms with van der Waals surface area (Å²) in [7, 11) is 0. The Morgan fingerprint density at radius 3 is 2.56 bits per heavy atom. The van der Waals surface area contributed by atoms with Gasteiger partial charge in [0.2, 0.25) is 0 Å². The molecule has 0 amide bonds. The van der Waals surface area contributed by atoms with Gasteiger partial charge in [0.05, 0.1) is 12.3 Å². The van der Waals surface area contributed by atoms with Crippen LogP contribution in [-0.2, 0) is 11.6 Å². The van der Waals surface area contributed by atoms with Crippen LogP contribution >= 0.6 is 0 Å². The Bertz CT molecular complexity index is 408. The van der Waals surface area contributed by atoms with Gasteiger partial charge in [-0.1, -0.05) is 0 Å². The first-order valence-electron chi connectivity index (χ1n) is 5.88. The van der Waals surface area contributed by atoms with Crippen molar-refractivity contribution in [3.8, 4) is 0 Å². The van der Waals surface area contributed by atoms with E-state index in [1.54, 1.807) is 0 Å². The third-order valence-electron chi connectivity index (χ3n) is 3.80. The molecular formula is C11H16F3N3O. The second-order valence-corrected chi connectivity index (χ2v) is 4.87. The summed E-state index contributed by atoms with van der Waals surface area (Å²) in [4.78, 5) is 0. The van der Waals surface area contributed by atoms with Gasteiger partial charge in [0.1, 0.15) is 5.69 Å². The number of aromatic amines is 1. The van der Waals surface area contributed by atoms with Gasteiger partial charge in [0, 0.05) is 17.5 Å². The molecule has 0 bridgehead atoms. The van der Waals surface area contributed by atoms with Gasteiger partial charge in [-0.25, -0.2) is 0 Å². The van der Waals surface area contributed by atoms with Gasteiger partial charge in [-0.05, 0) is 25.7 Å². The minimum atomic E-state index is -4.45. The molecule has 1 heterocycles. The summed E-state index contributed by atoms with van der Waals surface area (Å²) in [6, 6.07) is 0. The highest BCUT2D eigenvalue weighted by atomic mass is 19.4. The molecule has 1 aliphatic carbocycles. The molecule has 1 saturated carbocycles. The summed E-state index contributed by atoms with van der Waals surface area (Å²) in [6.45, 7) is 0.127. The van der Waals surface area contributed by atoms with Crippen molar-refractivity contribution >= 4 is 0 Å². The highest BCUT2D eigenvalue weighted by Crippen LogP contribution is 2.43. The first-order valence-corrected chi connectivity index (χ1v) is 5.88. The average Bonchev–Trinajstić information content (AvgIpc) is 2.80. The maximum Gasteiger partial charge on any atom is 0.433 e. The van der Waals surface area contributed by atoms with Crippen molar-refractivity contribution in [2.75, 3.05) is 6.54 Å². The van der Waals surface area contributed by atoms with Gasteiger partial charge >= 0.3 is 6.18 Å². The molecule has 0 unspecified atom stereocenters. The van der Waals surface area contributed by atoms with Crippen LogP contribution in [0.4, 0.5) is 13.2 Å². The highest BCUT2D eigenvalue weighted by molar-refractivity contribution is 5.30. The standard InChI is InChI=1S/C11H16F3N3O/c12-11(13,14)9-8(5-16-17-9)10(6-15)3-1-7(18)2-4-10/h5,7,18H,1-4,6,15H2,(H,16,17). The molecule has 4 nitrogen and oxygen atoms in total. The number of alkyl halides is 3. The maximum absolute atomic E-state index is 12.9. The smallest absolute Gasteiger partial charge is 0.393 e. The molecule has 0 radical (unpaired) electrons. The lowest BCUT2D eigenvalue weighted by Crippen LogP contribution is -2.41. The number of aliphatic hydroxyl groups excluding tert-OH is 1. The number of halogens is 3. The van der Waals surface area contributed by atoms with Crippen molar-refractivity contribution < 1.29 is 18.3 Å². The van der Waals surface area contributed by atoms with Crippen LogP contribution in [-0.4, -0.2) is 28.0 Å². The number of rotatable bonds is 2. The van der Waals surface area contributed by atoms with Gasteiger partial charge in [-0.15, -0.1) is 0 Å². The predicted molar refractivity (Wildman–Crippen MR) is 58.8 cm³/mol. The van der Waals surface area contributed by atoms with E-state index >= 15 is 0 Å². The largest absolute Gasteiger partial charge is 0.433 e. The number of H-pyrrole nitrogens is 1. The van der Waals surface area contributed by atoms with E-state index in [4.69, 9.17) is 5.73 Å². The van der Waals surface area contributed by atoms with Crippen LogP contribution in [0.5, 0.6) is 0 Å². The van der Waals surface area contributed by atoms with Crippen molar-refractivity contribution in [2.45, 2.75) is 43.4 Å². The summed E-state index contributed by atoms with van der Waals surface area (Å²) in [5, 5.41) is 15.0. The van der Waals surface area contributed by atoms with Crippen molar-refractivity contribution in [2.24, 2.45) is 5.73 Å². The fraction of sp³-hybridized carbons (Fsp3) is 0.727. The summed E-state index contributed by atoms with van der Waals surface area (Å²) < 4.78 is 38.6. The molecule has 102 valence electrons. The number of hydrogen-bond donors (Lipinski definition) is 3. The van der Waals surface area contributed by atoms with Gasteiger partial charge in [-0.3, -0.25) is 5.10 Å². The van der Waals surface area contributed by atoms with Gasteiger partial charge < -0.3 is 10.8 Å². The zero-order valence-corrected chi connectivity index (χ0v) is 9.80. The number of aliphatic hydroxyl groups is 1. The summed E-state index contributed by atoms with van der Waals surface area (Å²) >= 11 is 0. The maximum atomic E-state index is 12.9. The summed E-state index contributed by atoms with van der Waals surface area (Å²) in [5.74, 6) is 0. The third kappa shape index (κ3) is 2.24. The van der Waals surface area contributed by atoms with E-state index in [1.165, 1.54) is 6.20 Å². The summed E-state index contributed by atoms with van der Waals surface area (Å²) in [5.41, 5.74) is 4.28. The second-order valence-electron chi connectivity index (χ2n) is 4.87. The van der Waals surface area contributed by atoms with Crippen molar-refractivity contribution in [1.29, 1.82) is 0 Å². The van der Waals surface area contributed by atoms with Gasteiger partial charge in [-0.2, -0.15) is 18.3 Å². The summed E-state index contributed by atoms with van der Waals surface area (Å²) in [6.07, 6.45) is -1.83. The Balaban J connectivity index is 2.37. The monoisotopic (exact) mass is 263 g/mol. The first kappa shape index (κ1) is 13.4. The van der Waals surface area contributed by atoms with Crippen LogP contribution < -0.4 is 5.73 Å². The second kappa shape index (κ2) is 4.55. The molecule has 0 aromatic carbocycles. The van der Waals surface area contributed by atoms with Crippen LogP contribution in [0.2, 0.25) is 0 Å². The lowest BCUT2D eigenvalue weighted by Gasteiger charge is -2.38. The zero-order chi connectivity index (χ0) is 13.4. The van der Waals surface area contributed by atoms with E-state index in [0.29, 0.717) is 25.7 Å². The molecule has 0 aliphatic heterocycles. The molecule has 1 aromatic rings. The number of nitrogens with zero attached hydrogens (tertiary/aromatic N) is 1. The van der Waals surface area contributed by atoms with Crippen LogP contribution in [0.1, 0.15) is 36.9 Å². The van der Waals surface area contributed by atoms with Gasteiger partial charge in [0.25, 0.3) is 0 Å². The lowest BCUT2D eigenvalue weighted by molar-refractivity contribution is -0.142. The van der Waals surface area contributed by atoms with E-state index in [2.05, 4.69) is 5.10 Å². The molecule has 0 saturated heterocycles.